The highest BCUT2D eigenvalue weighted by atomic mass is 32.1. The summed E-state index contributed by atoms with van der Waals surface area (Å²) in [6.07, 6.45) is -0.838. The summed E-state index contributed by atoms with van der Waals surface area (Å²) < 4.78 is 38.2. The first-order chi connectivity index (χ1) is 8.36. The maximum Gasteiger partial charge on any atom is 0.416 e. The second-order valence-corrected chi connectivity index (χ2v) is 5.44. The van der Waals surface area contributed by atoms with Crippen LogP contribution in [0.4, 0.5) is 13.2 Å². The van der Waals surface area contributed by atoms with Crippen LogP contribution >= 0.6 is 12.6 Å². The van der Waals surface area contributed by atoms with Gasteiger partial charge in [0.25, 0.3) is 0 Å². The SMILES string of the molecule is NC1CCC(c2cc(S)cc(C(F)(F)F)c2)CC1. The van der Waals surface area contributed by atoms with Gasteiger partial charge in [0.05, 0.1) is 5.56 Å². The zero-order chi connectivity index (χ0) is 13.3. The summed E-state index contributed by atoms with van der Waals surface area (Å²) in [7, 11) is 0. The fraction of sp³-hybridized carbons (Fsp3) is 0.538. The molecule has 0 bridgehead atoms. The van der Waals surface area contributed by atoms with Crippen molar-refractivity contribution in [2.45, 2.75) is 48.7 Å². The zero-order valence-electron chi connectivity index (χ0n) is 9.87. The lowest BCUT2D eigenvalue weighted by Gasteiger charge is -2.27. The molecule has 0 saturated heterocycles. The molecule has 0 aromatic heterocycles. The van der Waals surface area contributed by atoms with E-state index in [1.807, 2.05) is 0 Å². The summed E-state index contributed by atoms with van der Waals surface area (Å²) in [6, 6.07) is 4.25. The van der Waals surface area contributed by atoms with E-state index in [9.17, 15) is 13.2 Å². The van der Waals surface area contributed by atoms with Gasteiger partial charge in [-0.2, -0.15) is 13.2 Å². The van der Waals surface area contributed by atoms with Gasteiger partial charge in [0.2, 0.25) is 0 Å². The highest BCUT2D eigenvalue weighted by Gasteiger charge is 2.32. The first-order valence-corrected chi connectivity index (χ1v) is 6.47. The molecule has 1 aromatic rings. The molecule has 2 rings (SSSR count). The van der Waals surface area contributed by atoms with Crippen molar-refractivity contribution in [2.75, 3.05) is 0 Å². The molecule has 0 spiro atoms. The molecule has 0 radical (unpaired) electrons. The topological polar surface area (TPSA) is 26.0 Å². The lowest BCUT2D eigenvalue weighted by atomic mass is 9.81. The van der Waals surface area contributed by atoms with Crippen LogP contribution in [0.2, 0.25) is 0 Å². The number of halogens is 3. The largest absolute Gasteiger partial charge is 0.416 e. The van der Waals surface area contributed by atoms with E-state index >= 15 is 0 Å². The van der Waals surface area contributed by atoms with Gasteiger partial charge in [0, 0.05) is 10.9 Å². The van der Waals surface area contributed by atoms with Crippen LogP contribution in [0, 0.1) is 0 Å². The van der Waals surface area contributed by atoms with Crippen LogP contribution in [0.1, 0.15) is 42.7 Å². The number of hydrogen-bond acceptors (Lipinski definition) is 2. The Morgan fingerprint density at radius 1 is 1.06 bits per heavy atom. The van der Waals surface area contributed by atoms with Gasteiger partial charge in [0.15, 0.2) is 0 Å². The molecule has 0 atom stereocenters. The lowest BCUT2D eigenvalue weighted by molar-refractivity contribution is -0.137. The summed E-state index contributed by atoms with van der Waals surface area (Å²) in [6.45, 7) is 0. The van der Waals surface area contributed by atoms with Crippen molar-refractivity contribution in [1.29, 1.82) is 0 Å². The third-order valence-corrected chi connectivity index (χ3v) is 3.77. The fourth-order valence-corrected chi connectivity index (χ4v) is 2.77. The summed E-state index contributed by atoms with van der Waals surface area (Å²) in [4.78, 5) is 0.370. The van der Waals surface area contributed by atoms with Crippen LogP contribution in [0.5, 0.6) is 0 Å². The number of nitrogens with two attached hydrogens (primary N) is 1. The molecule has 2 N–H and O–H groups in total. The average molecular weight is 275 g/mol. The number of hydrogen-bond donors (Lipinski definition) is 2. The van der Waals surface area contributed by atoms with Gasteiger partial charge in [-0.25, -0.2) is 0 Å². The van der Waals surface area contributed by atoms with Crippen molar-refractivity contribution < 1.29 is 13.2 Å². The van der Waals surface area contributed by atoms with E-state index in [-0.39, 0.29) is 12.0 Å². The number of benzene rings is 1. The predicted octanol–water partition coefficient (Wildman–Crippen LogP) is 3.98. The third-order valence-electron chi connectivity index (χ3n) is 3.51. The van der Waals surface area contributed by atoms with Gasteiger partial charge in [0.1, 0.15) is 0 Å². The van der Waals surface area contributed by atoms with Crippen molar-refractivity contribution >= 4 is 12.6 Å². The molecule has 100 valence electrons. The van der Waals surface area contributed by atoms with Crippen LogP contribution in [0.15, 0.2) is 23.1 Å². The lowest BCUT2D eigenvalue weighted by Crippen LogP contribution is -2.25. The standard InChI is InChI=1S/C13H16F3NS/c14-13(15,16)10-5-9(6-12(18)7-10)8-1-3-11(17)4-2-8/h5-8,11,18H,1-4,17H2. The Morgan fingerprint density at radius 2 is 1.67 bits per heavy atom. The fourth-order valence-electron chi connectivity index (χ4n) is 2.49. The molecule has 1 aliphatic rings. The maximum absolute atomic E-state index is 12.7. The molecule has 1 aromatic carbocycles. The Hall–Kier alpha value is -0.680. The molecule has 1 saturated carbocycles. The van der Waals surface area contributed by atoms with E-state index in [0.29, 0.717) is 4.90 Å². The molecule has 1 fully saturated rings. The van der Waals surface area contributed by atoms with Crippen LogP contribution in [-0.4, -0.2) is 6.04 Å². The van der Waals surface area contributed by atoms with E-state index in [1.54, 1.807) is 6.07 Å². The van der Waals surface area contributed by atoms with E-state index in [0.717, 1.165) is 37.3 Å². The zero-order valence-corrected chi connectivity index (χ0v) is 10.8. The molecule has 18 heavy (non-hydrogen) atoms. The van der Waals surface area contributed by atoms with Gasteiger partial charge in [-0.1, -0.05) is 0 Å². The Balaban J connectivity index is 2.25. The van der Waals surface area contributed by atoms with Gasteiger partial charge < -0.3 is 5.73 Å². The first-order valence-electron chi connectivity index (χ1n) is 6.03. The van der Waals surface area contributed by atoms with Crippen molar-refractivity contribution in [1.82, 2.24) is 0 Å². The molecule has 0 aliphatic heterocycles. The van der Waals surface area contributed by atoms with E-state index in [4.69, 9.17) is 5.73 Å². The minimum atomic E-state index is -4.31. The Morgan fingerprint density at radius 3 is 2.22 bits per heavy atom. The van der Waals surface area contributed by atoms with Gasteiger partial charge in [-0.15, -0.1) is 12.6 Å². The number of alkyl halides is 3. The summed E-state index contributed by atoms with van der Waals surface area (Å²) in [5.74, 6) is 0.179. The van der Waals surface area contributed by atoms with Crippen molar-refractivity contribution in [3.05, 3.63) is 29.3 Å². The van der Waals surface area contributed by atoms with E-state index in [1.165, 1.54) is 6.07 Å². The summed E-state index contributed by atoms with van der Waals surface area (Å²) >= 11 is 4.07. The van der Waals surface area contributed by atoms with Crippen LogP contribution in [0.25, 0.3) is 0 Å². The average Bonchev–Trinajstić information content (AvgIpc) is 2.28. The second kappa shape index (κ2) is 5.13. The molecule has 1 nitrogen and oxygen atoms in total. The molecular weight excluding hydrogens is 259 g/mol. The number of rotatable bonds is 1. The van der Waals surface area contributed by atoms with Gasteiger partial charge in [-0.3, -0.25) is 0 Å². The molecule has 0 unspecified atom stereocenters. The Kier molecular flexibility index (Phi) is 3.92. The molecule has 0 heterocycles. The van der Waals surface area contributed by atoms with Crippen LogP contribution < -0.4 is 5.73 Å². The quantitative estimate of drug-likeness (QED) is 0.745. The molecule has 5 heteroatoms. The highest BCUT2D eigenvalue weighted by molar-refractivity contribution is 7.80. The minimum Gasteiger partial charge on any atom is -0.328 e. The van der Waals surface area contributed by atoms with Gasteiger partial charge >= 0.3 is 6.18 Å². The van der Waals surface area contributed by atoms with Crippen molar-refractivity contribution in [3.8, 4) is 0 Å². The van der Waals surface area contributed by atoms with Gasteiger partial charge in [-0.05, 0) is 55.4 Å². The smallest absolute Gasteiger partial charge is 0.328 e. The minimum absolute atomic E-state index is 0.179. The van der Waals surface area contributed by atoms with Crippen molar-refractivity contribution in [2.24, 2.45) is 5.73 Å². The predicted molar refractivity (Wildman–Crippen MR) is 67.9 cm³/mol. The van der Waals surface area contributed by atoms with E-state index in [2.05, 4.69) is 12.6 Å². The summed E-state index contributed by atoms with van der Waals surface area (Å²) in [5.41, 5.74) is 5.94. The Labute approximate surface area is 110 Å². The second-order valence-electron chi connectivity index (χ2n) is 4.92. The van der Waals surface area contributed by atoms with Crippen molar-refractivity contribution in [3.63, 3.8) is 0 Å². The first kappa shape index (κ1) is 13.7. The Bertz CT molecular complexity index is 423. The number of thiol groups is 1. The molecular formula is C13H16F3NS. The molecule has 1 aliphatic carbocycles. The highest BCUT2D eigenvalue weighted by Crippen LogP contribution is 2.37. The van der Waals surface area contributed by atoms with Crippen LogP contribution in [0.3, 0.4) is 0 Å². The molecule has 0 amide bonds. The van der Waals surface area contributed by atoms with Crippen LogP contribution in [-0.2, 0) is 6.18 Å². The van der Waals surface area contributed by atoms with E-state index < -0.39 is 11.7 Å². The summed E-state index contributed by atoms with van der Waals surface area (Å²) in [5, 5.41) is 0. The monoisotopic (exact) mass is 275 g/mol. The maximum atomic E-state index is 12.7. The third kappa shape index (κ3) is 3.20. The normalized spacial score (nSPS) is 25.2.